The number of aliphatic carboxylic acids is 1. The van der Waals surface area contributed by atoms with E-state index in [9.17, 15) is 19.5 Å². The second-order valence-electron chi connectivity index (χ2n) is 9.96. The lowest BCUT2D eigenvalue weighted by atomic mass is 9.85. The average Bonchev–Trinajstić information content (AvgIpc) is 3.14. The van der Waals surface area contributed by atoms with Gasteiger partial charge in [-0.25, -0.2) is 9.59 Å². The molecule has 2 atom stereocenters. The van der Waals surface area contributed by atoms with Gasteiger partial charge in [-0.15, -0.1) is 0 Å². The maximum atomic E-state index is 13.2. The standard InChI is InChI=1S/C27H32N2O5/c1-17-9-8-14-29(23(17)24(30)31)25(32)27(2,3)16-28-26(33)34-15-22-20-12-6-4-10-18(20)19-11-5-7-13-21(19)22/h4-7,10-13,17,22-23H,8-9,14-16H2,1-3H3,(H,28,33)(H,30,31). The summed E-state index contributed by atoms with van der Waals surface area (Å²) in [6.07, 6.45) is 0.954. The number of likely N-dealkylation sites (tertiary alicyclic amines) is 1. The van der Waals surface area contributed by atoms with E-state index < -0.39 is 23.5 Å². The SMILES string of the molecule is CC1CCCN(C(=O)C(C)(C)CNC(=O)OCC2c3ccccc3-c3ccccc32)C1C(=O)O. The Bertz CT molecular complexity index is 1050. The number of fused-ring (bicyclic) bond motifs is 3. The van der Waals surface area contributed by atoms with Crippen LogP contribution in [0.3, 0.4) is 0 Å². The van der Waals surface area contributed by atoms with Crippen LogP contribution < -0.4 is 5.32 Å². The topological polar surface area (TPSA) is 95.9 Å². The molecular weight excluding hydrogens is 432 g/mol. The molecule has 1 heterocycles. The molecule has 1 aliphatic heterocycles. The minimum atomic E-state index is -0.985. The van der Waals surface area contributed by atoms with Crippen LogP contribution in [-0.2, 0) is 14.3 Å². The Kier molecular flexibility index (Phi) is 6.64. The molecule has 0 radical (unpaired) electrons. The van der Waals surface area contributed by atoms with Crippen LogP contribution in [0.1, 0.15) is 50.7 Å². The summed E-state index contributed by atoms with van der Waals surface area (Å²) in [7, 11) is 0. The second-order valence-corrected chi connectivity index (χ2v) is 9.96. The Balaban J connectivity index is 1.37. The van der Waals surface area contributed by atoms with Gasteiger partial charge in [0.05, 0.1) is 5.41 Å². The van der Waals surface area contributed by atoms with Gasteiger partial charge in [0.25, 0.3) is 0 Å². The molecule has 0 aromatic heterocycles. The first-order chi connectivity index (χ1) is 16.2. The average molecular weight is 465 g/mol. The summed E-state index contributed by atoms with van der Waals surface area (Å²) in [4.78, 5) is 39.0. The quantitative estimate of drug-likeness (QED) is 0.666. The predicted molar refractivity (Wildman–Crippen MR) is 128 cm³/mol. The summed E-state index contributed by atoms with van der Waals surface area (Å²) in [5.41, 5.74) is 3.61. The molecule has 2 amide bonds. The number of nitrogens with one attached hydrogen (secondary N) is 1. The van der Waals surface area contributed by atoms with Crippen LogP contribution in [0.2, 0.25) is 0 Å². The van der Waals surface area contributed by atoms with Crippen LogP contribution >= 0.6 is 0 Å². The van der Waals surface area contributed by atoms with Crippen molar-refractivity contribution in [2.75, 3.05) is 19.7 Å². The van der Waals surface area contributed by atoms with Gasteiger partial charge in [-0.05, 0) is 54.9 Å². The number of hydrogen-bond acceptors (Lipinski definition) is 4. The molecule has 0 bridgehead atoms. The second kappa shape index (κ2) is 9.49. The highest BCUT2D eigenvalue weighted by Gasteiger charge is 2.42. The third kappa shape index (κ3) is 4.52. The molecule has 1 aliphatic carbocycles. The van der Waals surface area contributed by atoms with Crippen LogP contribution in [0.25, 0.3) is 11.1 Å². The maximum absolute atomic E-state index is 13.2. The molecule has 2 aliphatic rings. The van der Waals surface area contributed by atoms with Crippen molar-refractivity contribution in [1.29, 1.82) is 0 Å². The van der Waals surface area contributed by atoms with E-state index >= 15 is 0 Å². The maximum Gasteiger partial charge on any atom is 0.407 e. The normalized spacial score (nSPS) is 19.8. The van der Waals surface area contributed by atoms with E-state index in [-0.39, 0.29) is 30.9 Å². The Hall–Kier alpha value is -3.35. The lowest BCUT2D eigenvalue weighted by Crippen LogP contribution is -2.57. The highest BCUT2D eigenvalue weighted by atomic mass is 16.5. The first-order valence-corrected chi connectivity index (χ1v) is 11.8. The number of rotatable bonds is 6. The fraction of sp³-hybridized carbons (Fsp3) is 0.444. The van der Waals surface area contributed by atoms with Gasteiger partial charge in [-0.2, -0.15) is 0 Å². The molecule has 0 spiro atoms. The van der Waals surface area contributed by atoms with Crippen molar-refractivity contribution < 1.29 is 24.2 Å². The monoisotopic (exact) mass is 464 g/mol. The Morgan fingerprint density at radius 1 is 1.06 bits per heavy atom. The molecule has 2 aromatic rings. The van der Waals surface area contributed by atoms with E-state index in [2.05, 4.69) is 29.6 Å². The van der Waals surface area contributed by atoms with Crippen molar-refractivity contribution in [3.05, 3.63) is 59.7 Å². The van der Waals surface area contributed by atoms with Crippen molar-refractivity contribution >= 4 is 18.0 Å². The number of carbonyl (C=O) groups is 3. The summed E-state index contributed by atoms with van der Waals surface area (Å²) in [5.74, 6) is -1.41. The molecule has 0 saturated carbocycles. The smallest absolute Gasteiger partial charge is 0.407 e. The number of ether oxygens (including phenoxy) is 1. The van der Waals surface area contributed by atoms with E-state index in [4.69, 9.17) is 4.74 Å². The van der Waals surface area contributed by atoms with E-state index in [1.54, 1.807) is 13.8 Å². The molecule has 180 valence electrons. The highest BCUT2D eigenvalue weighted by molar-refractivity contribution is 5.88. The number of nitrogens with zero attached hydrogens (tertiary/aromatic N) is 1. The predicted octanol–water partition coefficient (Wildman–Crippen LogP) is 4.26. The molecular formula is C27H32N2O5. The largest absolute Gasteiger partial charge is 0.480 e. The molecule has 1 fully saturated rings. The lowest BCUT2D eigenvalue weighted by Gasteiger charge is -2.41. The zero-order valence-electron chi connectivity index (χ0n) is 19.9. The minimum absolute atomic E-state index is 0.0426. The van der Waals surface area contributed by atoms with E-state index in [0.29, 0.717) is 6.54 Å². The van der Waals surface area contributed by atoms with Gasteiger partial charge in [0, 0.05) is 19.0 Å². The lowest BCUT2D eigenvalue weighted by molar-refractivity contribution is -0.158. The minimum Gasteiger partial charge on any atom is -0.480 e. The zero-order valence-corrected chi connectivity index (χ0v) is 19.9. The molecule has 4 rings (SSSR count). The summed E-state index contributed by atoms with van der Waals surface area (Å²) in [5, 5.41) is 12.4. The Morgan fingerprint density at radius 3 is 2.24 bits per heavy atom. The summed E-state index contributed by atoms with van der Waals surface area (Å²) >= 11 is 0. The summed E-state index contributed by atoms with van der Waals surface area (Å²) in [6.45, 7) is 5.96. The van der Waals surface area contributed by atoms with Crippen LogP contribution in [0.4, 0.5) is 4.79 Å². The molecule has 34 heavy (non-hydrogen) atoms. The number of alkyl carbamates (subject to hydrolysis) is 1. The van der Waals surface area contributed by atoms with Crippen LogP contribution in [0, 0.1) is 11.3 Å². The third-order valence-electron chi connectivity index (χ3n) is 7.04. The van der Waals surface area contributed by atoms with Gasteiger partial charge >= 0.3 is 12.1 Å². The molecule has 7 nitrogen and oxygen atoms in total. The first-order valence-electron chi connectivity index (χ1n) is 11.8. The number of carbonyl (C=O) groups excluding carboxylic acids is 2. The third-order valence-corrected chi connectivity index (χ3v) is 7.04. The van der Waals surface area contributed by atoms with Gasteiger partial charge in [0.15, 0.2) is 0 Å². The number of amides is 2. The van der Waals surface area contributed by atoms with Gasteiger partial charge in [-0.3, -0.25) is 4.79 Å². The first kappa shape index (κ1) is 23.8. The molecule has 2 aromatic carbocycles. The number of carboxylic acid groups (broad SMARTS) is 1. The Morgan fingerprint density at radius 2 is 1.65 bits per heavy atom. The number of carboxylic acids is 1. The van der Waals surface area contributed by atoms with Crippen molar-refractivity contribution in [2.45, 2.75) is 45.6 Å². The van der Waals surface area contributed by atoms with Gasteiger partial charge in [0.2, 0.25) is 5.91 Å². The van der Waals surface area contributed by atoms with Gasteiger partial charge in [-0.1, -0.05) is 55.5 Å². The Labute approximate surface area is 200 Å². The van der Waals surface area contributed by atoms with Crippen molar-refractivity contribution in [2.24, 2.45) is 11.3 Å². The van der Waals surface area contributed by atoms with Gasteiger partial charge in [0.1, 0.15) is 12.6 Å². The van der Waals surface area contributed by atoms with Gasteiger partial charge < -0.3 is 20.1 Å². The fourth-order valence-corrected chi connectivity index (χ4v) is 5.20. The summed E-state index contributed by atoms with van der Waals surface area (Å²) in [6, 6.07) is 15.4. The highest BCUT2D eigenvalue weighted by Crippen LogP contribution is 2.44. The number of benzene rings is 2. The van der Waals surface area contributed by atoms with E-state index in [1.807, 2.05) is 31.2 Å². The number of piperidine rings is 1. The molecule has 7 heteroatoms. The van der Waals surface area contributed by atoms with E-state index in [1.165, 1.54) is 4.90 Å². The van der Waals surface area contributed by atoms with Crippen LogP contribution in [0.15, 0.2) is 48.5 Å². The number of hydrogen-bond donors (Lipinski definition) is 2. The molecule has 2 unspecified atom stereocenters. The van der Waals surface area contributed by atoms with Crippen molar-refractivity contribution in [1.82, 2.24) is 10.2 Å². The fourth-order valence-electron chi connectivity index (χ4n) is 5.20. The van der Waals surface area contributed by atoms with Crippen LogP contribution in [0.5, 0.6) is 0 Å². The van der Waals surface area contributed by atoms with Crippen molar-refractivity contribution in [3.63, 3.8) is 0 Å². The van der Waals surface area contributed by atoms with E-state index in [0.717, 1.165) is 35.1 Å². The van der Waals surface area contributed by atoms with Crippen LogP contribution in [-0.4, -0.2) is 53.7 Å². The molecule has 2 N–H and O–H groups in total. The van der Waals surface area contributed by atoms with Crippen molar-refractivity contribution in [3.8, 4) is 11.1 Å². The summed E-state index contributed by atoms with van der Waals surface area (Å²) < 4.78 is 5.57. The molecule has 1 saturated heterocycles. The zero-order chi connectivity index (χ0) is 24.5.